The number of rotatable bonds is 5. The summed E-state index contributed by atoms with van der Waals surface area (Å²) in [4.78, 5) is 22.6. The van der Waals surface area contributed by atoms with E-state index in [1.165, 1.54) is 0 Å². The van der Waals surface area contributed by atoms with Gasteiger partial charge in [-0.2, -0.15) is 0 Å². The van der Waals surface area contributed by atoms with Crippen molar-refractivity contribution in [3.05, 3.63) is 35.9 Å². The van der Waals surface area contributed by atoms with Crippen molar-refractivity contribution in [1.82, 2.24) is 5.32 Å². The first-order valence-corrected chi connectivity index (χ1v) is 8.35. The van der Waals surface area contributed by atoms with Crippen molar-refractivity contribution >= 4 is 12.1 Å². The maximum atomic E-state index is 11.7. The van der Waals surface area contributed by atoms with Gasteiger partial charge in [0, 0.05) is 6.54 Å². The van der Waals surface area contributed by atoms with E-state index in [0.717, 1.165) is 18.4 Å². The monoisotopic (exact) mass is 333 g/mol. The van der Waals surface area contributed by atoms with E-state index in [1.54, 1.807) is 0 Å². The molecule has 0 bridgehead atoms. The molecule has 6 nitrogen and oxygen atoms in total. The second-order valence-corrected chi connectivity index (χ2v) is 6.86. The van der Waals surface area contributed by atoms with E-state index in [4.69, 9.17) is 14.6 Å². The average Bonchev–Trinajstić information content (AvgIpc) is 2.57. The second kappa shape index (κ2) is 7.21. The summed E-state index contributed by atoms with van der Waals surface area (Å²) in [6.45, 7) is 1.26. The van der Waals surface area contributed by atoms with Gasteiger partial charge in [-0.3, -0.25) is 4.79 Å². The molecule has 1 aromatic carbocycles. The lowest BCUT2D eigenvalue weighted by atomic mass is 9.59. The Morgan fingerprint density at radius 1 is 1.29 bits per heavy atom. The zero-order chi connectivity index (χ0) is 17.0. The number of alkyl carbamates (subject to hydrolysis) is 1. The van der Waals surface area contributed by atoms with Gasteiger partial charge in [0.25, 0.3) is 0 Å². The van der Waals surface area contributed by atoms with E-state index < -0.39 is 12.1 Å². The van der Waals surface area contributed by atoms with Crippen LogP contribution >= 0.6 is 0 Å². The number of hydrogen-bond donors (Lipinski definition) is 2. The lowest BCUT2D eigenvalue weighted by Crippen LogP contribution is -2.49. The van der Waals surface area contributed by atoms with Crippen molar-refractivity contribution in [3.8, 4) is 0 Å². The van der Waals surface area contributed by atoms with Crippen molar-refractivity contribution < 1.29 is 24.2 Å². The maximum absolute atomic E-state index is 11.7. The first kappa shape index (κ1) is 16.8. The van der Waals surface area contributed by atoms with Gasteiger partial charge in [-0.1, -0.05) is 30.3 Å². The molecule has 1 saturated heterocycles. The molecule has 0 radical (unpaired) electrons. The number of nitrogens with one attached hydrogen (secondary N) is 1. The Bertz CT molecular complexity index is 572. The zero-order valence-corrected chi connectivity index (χ0v) is 13.6. The standard InChI is InChI=1S/C18H23NO5/c20-16(21)14-8-18(9-14)7-6-15(24-12-18)10-19-17(22)23-11-13-4-2-1-3-5-13/h1-5,14-15H,6-12H2,(H,19,22)(H,20,21). The third-order valence-electron chi connectivity index (χ3n) is 5.02. The molecule has 1 spiro atoms. The van der Waals surface area contributed by atoms with Gasteiger partial charge in [-0.25, -0.2) is 4.79 Å². The van der Waals surface area contributed by atoms with Crippen LogP contribution in [0.25, 0.3) is 0 Å². The molecule has 1 amide bonds. The SMILES string of the molecule is O=C(NCC1CCC2(CO1)CC(C(=O)O)C2)OCc1ccccc1. The highest BCUT2D eigenvalue weighted by molar-refractivity contribution is 5.71. The molecule has 1 aliphatic heterocycles. The summed E-state index contributed by atoms with van der Waals surface area (Å²) in [5, 5.41) is 11.7. The normalized spacial score (nSPS) is 28.8. The Morgan fingerprint density at radius 2 is 2.04 bits per heavy atom. The highest BCUT2D eigenvalue weighted by atomic mass is 16.5. The van der Waals surface area contributed by atoms with Crippen LogP contribution in [0.4, 0.5) is 4.79 Å². The van der Waals surface area contributed by atoms with E-state index in [-0.39, 0.29) is 24.0 Å². The van der Waals surface area contributed by atoms with Gasteiger partial charge in [0.15, 0.2) is 0 Å². The van der Waals surface area contributed by atoms with Crippen LogP contribution in [0.5, 0.6) is 0 Å². The molecule has 2 N–H and O–H groups in total. The molecule has 1 unspecified atom stereocenters. The van der Waals surface area contributed by atoms with E-state index in [2.05, 4.69) is 5.32 Å². The van der Waals surface area contributed by atoms with E-state index in [0.29, 0.717) is 26.0 Å². The van der Waals surface area contributed by atoms with Gasteiger partial charge in [-0.05, 0) is 36.7 Å². The Morgan fingerprint density at radius 3 is 2.67 bits per heavy atom. The van der Waals surface area contributed by atoms with Crippen molar-refractivity contribution in [2.45, 2.75) is 38.4 Å². The van der Waals surface area contributed by atoms with Crippen LogP contribution in [0.2, 0.25) is 0 Å². The van der Waals surface area contributed by atoms with Crippen LogP contribution in [-0.2, 0) is 20.9 Å². The summed E-state index contributed by atoms with van der Waals surface area (Å²) in [5.41, 5.74) is 0.995. The fraction of sp³-hybridized carbons (Fsp3) is 0.556. The van der Waals surface area contributed by atoms with Crippen LogP contribution in [0, 0.1) is 11.3 Å². The molecule has 1 aromatic rings. The molecule has 1 aliphatic carbocycles. The van der Waals surface area contributed by atoms with E-state index >= 15 is 0 Å². The number of carboxylic acid groups (broad SMARTS) is 1. The Hall–Kier alpha value is -2.08. The molecule has 3 rings (SSSR count). The minimum absolute atomic E-state index is 0.0243. The lowest BCUT2D eigenvalue weighted by Gasteiger charge is -2.49. The fourth-order valence-electron chi connectivity index (χ4n) is 3.53. The summed E-state index contributed by atoms with van der Waals surface area (Å²) in [6.07, 6.45) is 2.75. The van der Waals surface area contributed by atoms with Crippen molar-refractivity contribution in [3.63, 3.8) is 0 Å². The van der Waals surface area contributed by atoms with E-state index in [9.17, 15) is 9.59 Å². The predicted octanol–water partition coefficient (Wildman–Crippen LogP) is 2.57. The first-order valence-electron chi connectivity index (χ1n) is 8.35. The van der Waals surface area contributed by atoms with Crippen molar-refractivity contribution in [1.29, 1.82) is 0 Å². The van der Waals surface area contributed by atoms with Gasteiger partial charge in [0.1, 0.15) is 6.61 Å². The summed E-state index contributed by atoms with van der Waals surface area (Å²) in [6, 6.07) is 9.52. The molecule has 1 atom stereocenters. The largest absolute Gasteiger partial charge is 0.481 e. The summed E-state index contributed by atoms with van der Waals surface area (Å²) in [7, 11) is 0. The number of hydrogen-bond acceptors (Lipinski definition) is 4. The quantitative estimate of drug-likeness (QED) is 0.865. The van der Waals surface area contributed by atoms with Crippen molar-refractivity contribution in [2.75, 3.05) is 13.2 Å². The van der Waals surface area contributed by atoms with Crippen LogP contribution in [0.3, 0.4) is 0 Å². The maximum Gasteiger partial charge on any atom is 0.407 e. The molecular formula is C18H23NO5. The lowest BCUT2D eigenvalue weighted by molar-refractivity contribution is -0.161. The van der Waals surface area contributed by atoms with Crippen LogP contribution in [0.15, 0.2) is 30.3 Å². The number of ether oxygens (including phenoxy) is 2. The molecule has 2 fully saturated rings. The third-order valence-corrected chi connectivity index (χ3v) is 5.02. The Balaban J connectivity index is 1.32. The minimum atomic E-state index is -0.703. The summed E-state index contributed by atoms with van der Waals surface area (Å²) < 4.78 is 11.0. The Kier molecular flexibility index (Phi) is 5.04. The average molecular weight is 333 g/mol. The number of carbonyl (C=O) groups excluding carboxylic acids is 1. The zero-order valence-electron chi connectivity index (χ0n) is 13.6. The Labute approximate surface area is 141 Å². The van der Waals surface area contributed by atoms with Crippen LogP contribution in [0.1, 0.15) is 31.2 Å². The smallest absolute Gasteiger partial charge is 0.407 e. The van der Waals surface area contributed by atoms with E-state index in [1.807, 2.05) is 30.3 Å². The predicted molar refractivity (Wildman–Crippen MR) is 86.4 cm³/mol. The summed E-state index contributed by atoms with van der Waals surface area (Å²) in [5.74, 6) is -0.915. The molecule has 1 heterocycles. The molecule has 24 heavy (non-hydrogen) atoms. The van der Waals surface area contributed by atoms with Gasteiger partial charge in [0.05, 0.1) is 18.6 Å². The molecule has 2 aliphatic rings. The number of carboxylic acids is 1. The topological polar surface area (TPSA) is 84.9 Å². The van der Waals surface area contributed by atoms with Crippen LogP contribution in [-0.4, -0.2) is 36.4 Å². The van der Waals surface area contributed by atoms with Gasteiger partial charge >= 0.3 is 12.1 Å². The van der Waals surface area contributed by atoms with Crippen LogP contribution < -0.4 is 5.32 Å². The first-order chi connectivity index (χ1) is 11.6. The third kappa shape index (κ3) is 4.06. The number of benzene rings is 1. The van der Waals surface area contributed by atoms with Gasteiger partial charge in [0.2, 0.25) is 0 Å². The van der Waals surface area contributed by atoms with Crippen molar-refractivity contribution in [2.24, 2.45) is 11.3 Å². The van der Waals surface area contributed by atoms with Gasteiger partial charge in [-0.15, -0.1) is 0 Å². The molecular weight excluding hydrogens is 310 g/mol. The second-order valence-electron chi connectivity index (χ2n) is 6.86. The number of aliphatic carboxylic acids is 1. The molecule has 1 saturated carbocycles. The molecule has 6 heteroatoms. The highest BCUT2D eigenvalue weighted by Crippen LogP contribution is 2.51. The van der Waals surface area contributed by atoms with Gasteiger partial charge < -0.3 is 19.9 Å². The minimum Gasteiger partial charge on any atom is -0.481 e. The molecule has 130 valence electrons. The molecule has 0 aromatic heterocycles. The number of amides is 1. The highest BCUT2D eigenvalue weighted by Gasteiger charge is 2.49. The summed E-state index contributed by atoms with van der Waals surface area (Å²) >= 11 is 0. The number of carbonyl (C=O) groups is 2. The fourth-order valence-corrected chi connectivity index (χ4v) is 3.53.